The number of aliphatic hydroxyl groups excluding tert-OH is 2. The van der Waals surface area contributed by atoms with Crippen LogP contribution in [-0.4, -0.2) is 242 Å². The van der Waals surface area contributed by atoms with Gasteiger partial charge in [0.15, 0.2) is 0 Å². The van der Waals surface area contributed by atoms with E-state index < -0.39 is 237 Å². The van der Waals surface area contributed by atoms with Crippen molar-refractivity contribution >= 4 is 101 Å². The molecule has 2 fully saturated rings. The van der Waals surface area contributed by atoms with Gasteiger partial charge in [0.05, 0.1) is 32.2 Å². The number of nitrogens with zero attached hydrogens (tertiary/aromatic N) is 2. The van der Waals surface area contributed by atoms with Crippen molar-refractivity contribution < 1.29 is 102 Å². The highest BCUT2D eigenvalue weighted by Gasteiger charge is 2.42. The SMILES string of the molecule is CC(C)C[C@H](NC(=O)[C@@H]1CCCN1C(=O)[C@H](CO)NC(=O)[C@H](C)NC(=O)[C@H](CCC(=O)O)NC(=O)[C@H](CC(=O)O)NC(=O)[C@H](CCC(N)=O)NC(=O)[C@H](C)NC(=O)[C@H](CO)NC(=O)[C@@H]1CCCN1C(=O)[C@H](C)NC(=O)CNC(=O)[C@@H](NC(=O)[C@@H](N)C(C)C)C(C)C)C(N)=O. The zero-order valence-corrected chi connectivity index (χ0v) is 54.2. The molecular weight excluding hydrogens is 1240 g/mol. The van der Waals surface area contributed by atoms with E-state index in [0.29, 0.717) is 12.8 Å². The topological polar surface area (TPSA) is 588 Å². The fourth-order valence-electron chi connectivity index (χ4n) is 9.78. The van der Waals surface area contributed by atoms with Crippen molar-refractivity contribution in [2.45, 2.75) is 205 Å². The third-order valence-electron chi connectivity index (χ3n) is 15.2. The molecule has 2 saturated heterocycles. The summed E-state index contributed by atoms with van der Waals surface area (Å²) >= 11 is 0. The summed E-state index contributed by atoms with van der Waals surface area (Å²) in [6.07, 6.45) is -2.89. The summed E-state index contributed by atoms with van der Waals surface area (Å²) in [6.45, 7) is 11.3. The highest BCUT2D eigenvalue weighted by atomic mass is 16.4. The molecule has 37 heteroatoms. The molecule has 21 N–H and O–H groups in total. The number of primary amides is 2. The standard InChI is InChI=1S/C57H94N16O21/c1-25(2)20-33(45(60)82)67-52(89)38-13-11-19-73(38)57(94)36(24-75)70-47(84)29(8)63-48(85)32(15-17-41(78)79)66-50(87)34(21-42(80)81)68-49(86)31(14-16-39(58)76)65-46(83)28(7)64-51(88)35(23-74)69-53(90)37-12-10-18-72(37)56(93)30(9)62-40(77)22-61-55(92)44(27(5)6)71-54(91)43(59)26(3)4/h25-38,43-44,74-75H,10-24,59H2,1-9H3,(H2,58,76)(H2,60,82)(H,61,92)(H,62,77)(H,63,85)(H,64,88)(H,65,83)(H,66,87)(H,67,89)(H,68,86)(H,69,90)(H,70,84)(H,71,91)(H,78,79)(H,80,81)/t28-,29-,30-,31-,32-,33-,34-,35-,36-,37-,38-,43-,44-/m0/s1. The number of likely N-dealkylation sites (tertiary alicyclic amines) is 2. The molecule has 2 aliphatic heterocycles. The third-order valence-corrected chi connectivity index (χ3v) is 15.2. The number of aliphatic carboxylic acids is 2. The molecular formula is C57H94N16O21. The quantitative estimate of drug-likeness (QED) is 0.0272. The molecule has 528 valence electrons. The van der Waals surface area contributed by atoms with Crippen LogP contribution in [0.5, 0.6) is 0 Å². The van der Waals surface area contributed by atoms with E-state index in [2.05, 4.69) is 58.5 Å². The van der Waals surface area contributed by atoms with E-state index in [1.54, 1.807) is 41.5 Å². The molecule has 0 aromatic carbocycles. The van der Waals surface area contributed by atoms with Crippen molar-refractivity contribution in [1.82, 2.24) is 68.3 Å². The number of carboxylic acids is 2. The summed E-state index contributed by atoms with van der Waals surface area (Å²) in [5, 5.41) is 65.0. The van der Waals surface area contributed by atoms with E-state index >= 15 is 0 Å². The van der Waals surface area contributed by atoms with Gasteiger partial charge in [-0.1, -0.05) is 41.5 Å². The van der Waals surface area contributed by atoms with Gasteiger partial charge in [0.2, 0.25) is 88.6 Å². The van der Waals surface area contributed by atoms with Crippen LogP contribution in [0.1, 0.15) is 127 Å². The van der Waals surface area contributed by atoms with Gasteiger partial charge in [-0.3, -0.25) is 81.5 Å². The van der Waals surface area contributed by atoms with E-state index in [0.717, 1.165) is 23.6 Å². The predicted octanol–water partition coefficient (Wildman–Crippen LogP) is -8.25. The molecule has 0 spiro atoms. The molecule has 0 unspecified atom stereocenters. The number of carbonyl (C=O) groups is 17. The Morgan fingerprint density at radius 1 is 0.457 bits per heavy atom. The van der Waals surface area contributed by atoms with Crippen molar-refractivity contribution in [2.24, 2.45) is 35.0 Å². The van der Waals surface area contributed by atoms with Crippen LogP contribution in [-0.2, 0) is 81.5 Å². The lowest BCUT2D eigenvalue weighted by atomic mass is 10.0. The third kappa shape index (κ3) is 26.1. The first-order valence-corrected chi connectivity index (χ1v) is 30.8. The zero-order valence-electron chi connectivity index (χ0n) is 54.2. The Morgan fingerprint density at radius 2 is 0.904 bits per heavy atom. The van der Waals surface area contributed by atoms with Gasteiger partial charge >= 0.3 is 11.9 Å². The number of nitrogens with two attached hydrogens (primary N) is 3. The van der Waals surface area contributed by atoms with Crippen LogP contribution in [0.2, 0.25) is 0 Å². The van der Waals surface area contributed by atoms with E-state index in [9.17, 15) is 102 Å². The lowest BCUT2D eigenvalue weighted by Crippen LogP contribution is -2.61. The number of carboxylic acid groups (broad SMARTS) is 2. The van der Waals surface area contributed by atoms with E-state index in [4.69, 9.17) is 17.2 Å². The van der Waals surface area contributed by atoms with Gasteiger partial charge in [-0.25, -0.2) is 0 Å². The largest absolute Gasteiger partial charge is 0.481 e. The smallest absolute Gasteiger partial charge is 0.305 e. The maximum atomic E-state index is 13.8. The summed E-state index contributed by atoms with van der Waals surface area (Å²) in [6, 6.07) is -19.1. The average Bonchev–Trinajstić information content (AvgIpc) is 1.70. The van der Waals surface area contributed by atoms with Gasteiger partial charge in [-0.05, 0) is 83.5 Å². The molecule has 94 heavy (non-hydrogen) atoms. The lowest BCUT2D eigenvalue weighted by Gasteiger charge is -2.30. The van der Waals surface area contributed by atoms with E-state index in [-0.39, 0.29) is 44.2 Å². The Kier molecular flexibility index (Phi) is 33.4. The zero-order chi connectivity index (χ0) is 71.6. The minimum atomic E-state index is -2.12. The van der Waals surface area contributed by atoms with Gasteiger partial charge in [-0.2, -0.15) is 0 Å². The minimum Gasteiger partial charge on any atom is -0.481 e. The molecule has 2 rings (SSSR count). The van der Waals surface area contributed by atoms with Crippen molar-refractivity contribution in [3.8, 4) is 0 Å². The molecule has 37 nitrogen and oxygen atoms in total. The first kappa shape index (κ1) is 81.0. The van der Waals surface area contributed by atoms with Gasteiger partial charge in [0.25, 0.3) is 0 Å². The molecule has 0 bridgehead atoms. The molecule has 0 aromatic heterocycles. The summed E-state index contributed by atoms with van der Waals surface area (Å²) in [7, 11) is 0. The first-order chi connectivity index (χ1) is 43.8. The van der Waals surface area contributed by atoms with E-state index in [1.807, 2.05) is 0 Å². The molecule has 0 radical (unpaired) electrons. The fourth-order valence-corrected chi connectivity index (χ4v) is 9.78. The van der Waals surface area contributed by atoms with Crippen molar-refractivity contribution in [3.63, 3.8) is 0 Å². The number of carbonyl (C=O) groups excluding carboxylic acids is 15. The number of hydrogen-bond donors (Lipinski definition) is 18. The Labute approximate surface area is 542 Å². The van der Waals surface area contributed by atoms with Crippen LogP contribution in [0.4, 0.5) is 0 Å². The first-order valence-electron chi connectivity index (χ1n) is 30.8. The highest BCUT2D eigenvalue weighted by molar-refractivity contribution is 6.00. The highest BCUT2D eigenvalue weighted by Crippen LogP contribution is 2.21. The molecule has 13 atom stereocenters. The van der Waals surface area contributed by atoms with Crippen LogP contribution in [0.25, 0.3) is 0 Å². The van der Waals surface area contributed by atoms with Crippen LogP contribution >= 0.6 is 0 Å². The average molecular weight is 1340 g/mol. The summed E-state index contributed by atoms with van der Waals surface area (Å²) in [4.78, 5) is 224. The van der Waals surface area contributed by atoms with Crippen LogP contribution in [0.15, 0.2) is 0 Å². The molecule has 2 heterocycles. The predicted molar refractivity (Wildman–Crippen MR) is 327 cm³/mol. The van der Waals surface area contributed by atoms with Crippen molar-refractivity contribution in [3.05, 3.63) is 0 Å². The van der Waals surface area contributed by atoms with Gasteiger partial charge < -0.3 is 106 Å². The molecule has 0 saturated carbocycles. The summed E-state index contributed by atoms with van der Waals surface area (Å²) in [5.74, 6) is -18.4. The van der Waals surface area contributed by atoms with Gasteiger partial charge in [0.1, 0.15) is 72.5 Å². The van der Waals surface area contributed by atoms with Gasteiger partial charge in [0, 0.05) is 25.9 Å². The minimum absolute atomic E-state index is 0.0191. The second kappa shape index (κ2) is 38.8. The number of rotatable bonds is 39. The fraction of sp³-hybridized carbons (Fsp3) is 0.702. The Hall–Kier alpha value is -9.13. The van der Waals surface area contributed by atoms with E-state index in [1.165, 1.54) is 6.92 Å². The maximum absolute atomic E-state index is 13.8. The second-order valence-corrected chi connectivity index (χ2v) is 24.1. The number of hydrogen-bond acceptors (Lipinski definition) is 20. The summed E-state index contributed by atoms with van der Waals surface area (Å²) < 4.78 is 0. The van der Waals surface area contributed by atoms with Crippen LogP contribution in [0, 0.1) is 17.8 Å². The second-order valence-electron chi connectivity index (χ2n) is 24.1. The summed E-state index contributed by atoms with van der Waals surface area (Å²) in [5.41, 5.74) is 16.7. The van der Waals surface area contributed by atoms with Crippen LogP contribution < -0.4 is 75.7 Å². The normalized spacial score (nSPS) is 17.9. The maximum Gasteiger partial charge on any atom is 0.305 e. The molecule has 0 aliphatic carbocycles. The Balaban J connectivity index is 2.17. The lowest BCUT2D eigenvalue weighted by molar-refractivity contribution is -0.143. The Bertz CT molecular complexity index is 2790. The molecule has 15 amide bonds. The molecule has 2 aliphatic rings. The monoisotopic (exact) mass is 1340 g/mol. The number of nitrogens with one attached hydrogen (secondary N) is 11. The number of amides is 15. The van der Waals surface area contributed by atoms with Crippen LogP contribution in [0.3, 0.4) is 0 Å². The van der Waals surface area contributed by atoms with Crippen molar-refractivity contribution in [2.75, 3.05) is 32.8 Å². The van der Waals surface area contributed by atoms with Gasteiger partial charge in [-0.15, -0.1) is 0 Å². The Morgan fingerprint density at radius 3 is 1.36 bits per heavy atom. The molecule has 0 aromatic rings. The number of aliphatic hydroxyl groups is 2. The van der Waals surface area contributed by atoms with Crippen molar-refractivity contribution in [1.29, 1.82) is 0 Å².